The lowest BCUT2D eigenvalue weighted by molar-refractivity contribution is -0.383. The first-order chi connectivity index (χ1) is 15.2. The molecule has 0 aliphatic carbocycles. The van der Waals surface area contributed by atoms with Gasteiger partial charge in [0.2, 0.25) is 5.69 Å². The highest BCUT2D eigenvalue weighted by Gasteiger charge is 2.43. The Labute approximate surface area is 185 Å². The number of nitro groups is 1. The lowest BCUT2D eigenvalue weighted by Gasteiger charge is -2.13. The van der Waals surface area contributed by atoms with Crippen molar-refractivity contribution in [3.05, 3.63) is 69.9 Å². The molecule has 1 amide bonds. The topological polar surface area (TPSA) is 97.2 Å². The summed E-state index contributed by atoms with van der Waals surface area (Å²) in [4.78, 5) is 26.0. The zero-order chi connectivity index (χ0) is 23.3. The highest BCUT2D eigenvalue weighted by atomic mass is 32.1. The van der Waals surface area contributed by atoms with Gasteiger partial charge >= 0.3 is 11.2 Å². The van der Waals surface area contributed by atoms with Gasteiger partial charge in [0.05, 0.1) is 4.92 Å². The minimum atomic E-state index is -5.01. The van der Waals surface area contributed by atoms with Crippen molar-refractivity contribution in [3.8, 4) is 11.1 Å². The Bertz CT molecular complexity index is 1120. The van der Waals surface area contributed by atoms with Gasteiger partial charge in [0.1, 0.15) is 0 Å². The summed E-state index contributed by atoms with van der Waals surface area (Å²) in [6.07, 6.45) is -3.03. The van der Waals surface area contributed by atoms with Crippen LogP contribution in [0.4, 0.5) is 29.0 Å². The normalized spacial score (nSPS) is 11.2. The Morgan fingerprint density at radius 1 is 1.19 bits per heavy atom. The number of aromatic nitrogens is 1. The first-order valence-electron chi connectivity index (χ1n) is 9.67. The number of amides is 1. The molecule has 7 nitrogen and oxygen atoms in total. The van der Waals surface area contributed by atoms with Gasteiger partial charge in [-0.3, -0.25) is 20.2 Å². The number of benzene rings is 2. The largest absolute Gasteiger partial charge is 0.441 e. The molecule has 2 aromatic carbocycles. The lowest BCUT2D eigenvalue weighted by Crippen LogP contribution is -2.14. The molecular formula is C21H19F3N4O3S. The van der Waals surface area contributed by atoms with Gasteiger partial charge in [0, 0.05) is 17.8 Å². The Hall–Kier alpha value is -3.47. The van der Waals surface area contributed by atoms with Crippen LogP contribution in [-0.2, 0) is 6.18 Å². The molecule has 0 saturated carbocycles. The van der Waals surface area contributed by atoms with Crippen LogP contribution in [0.5, 0.6) is 0 Å². The number of hydrogen-bond acceptors (Lipinski definition) is 6. The number of carbonyl (C=O) groups is 1. The van der Waals surface area contributed by atoms with E-state index in [1.54, 1.807) is 42.5 Å². The van der Waals surface area contributed by atoms with Crippen LogP contribution in [-0.4, -0.2) is 22.4 Å². The molecule has 0 fully saturated rings. The fraction of sp³-hybridized carbons (Fsp3) is 0.238. The van der Waals surface area contributed by atoms with Gasteiger partial charge in [0.25, 0.3) is 5.91 Å². The van der Waals surface area contributed by atoms with E-state index in [-0.39, 0.29) is 16.9 Å². The van der Waals surface area contributed by atoms with E-state index < -0.39 is 32.8 Å². The summed E-state index contributed by atoms with van der Waals surface area (Å²) in [5.41, 5.74) is 0.646. The van der Waals surface area contributed by atoms with Gasteiger partial charge in [-0.05, 0) is 47.1 Å². The molecule has 11 heteroatoms. The number of halogens is 3. The summed E-state index contributed by atoms with van der Waals surface area (Å²) in [5, 5.41) is 14.8. The molecule has 3 aromatic rings. The van der Waals surface area contributed by atoms with Crippen LogP contribution in [0.2, 0.25) is 0 Å². The minimum absolute atomic E-state index is 0.161. The van der Waals surface area contributed by atoms with E-state index in [2.05, 4.69) is 22.5 Å². The summed E-state index contributed by atoms with van der Waals surface area (Å²) in [6.45, 7) is 2.82. The molecule has 0 unspecified atom stereocenters. The fourth-order valence-corrected chi connectivity index (χ4v) is 3.75. The van der Waals surface area contributed by atoms with Crippen LogP contribution in [0, 0.1) is 10.1 Å². The number of anilines is 2. The summed E-state index contributed by atoms with van der Waals surface area (Å²) in [7, 11) is 0. The van der Waals surface area contributed by atoms with E-state index in [0.717, 1.165) is 30.6 Å². The van der Waals surface area contributed by atoms with Crippen molar-refractivity contribution in [2.75, 3.05) is 17.2 Å². The molecule has 1 heterocycles. The van der Waals surface area contributed by atoms with E-state index in [0.29, 0.717) is 5.56 Å². The molecule has 0 saturated heterocycles. The third-order valence-electron chi connectivity index (χ3n) is 4.47. The van der Waals surface area contributed by atoms with Crippen molar-refractivity contribution in [2.45, 2.75) is 25.9 Å². The molecule has 168 valence electrons. The zero-order valence-electron chi connectivity index (χ0n) is 16.9. The van der Waals surface area contributed by atoms with Crippen LogP contribution >= 0.6 is 11.3 Å². The van der Waals surface area contributed by atoms with Gasteiger partial charge in [-0.2, -0.15) is 13.2 Å². The van der Waals surface area contributed by atoms with Crippen LogP contribution in [0.25, 0.3) is 11.1 Å². The van der Waals surface area contributed by atoms with Gasteiger partial charge in [-0.15, -0.1) is 0 Å². The number of unbranched alkanes of at least 4 members (excludes halogenated alkanes) is 1. The fourth-order valence-electron chi connectivity index (χ4n) is 2.96. The smallest absolute Gasteiger partial charge is 0.385 e. The molecular weight excluding hydrogens is 445 g/mol. The molecule has 2 N–H and O–H groups in total. The monoisotopic (exact) mass is 464 g/mol. The minimum Gasteiger partial charge on any atom is -0.385 e. The van der Waals surface area contributed by atoms with Crippen LogP contribution < -0.4 is 10.6 Å². The summed E-state index contributed by atoms with van der Waals surface area (Å²) in [5.74, 6) is -0.721. The molecule has 32 heavy (non-hydrogen) atoms. The quantitative estimate of drug-likeness (QED) is 0.235. The number of hydrogen-bond donors (Lipinski definition) is 2. The molecule has 0 bridgehead atoms. The van der Waals surface area contributed by atoms with Gasteiger partial charge in [-0.1, -0.05) is 43.7 Å². The number of nitrogens with zero attached hydrogens (tertiary/aromatic N) is 2. The van der Waals surface area contributed by atoms with Crippen molar-refractivity contribution in [3.63, 3.8) is 0 Å². The molecule has 0 aliphatic heterocycles. The maximum Gasteiger partial charge on any atom is 0.441 e. The molecule has 1 aromatic heterocycles. The van der Waals surface area contributed by atoms with Gasteiger partial charge in [-0.25, -0.2) is 4.98 Å². The van der Waals surface area contributed by atoms with Crippen LogP contribution in [0.15, 0.2) is 48.5 Å². The second-order valence-electron chi connectivity index (χ2n) is 6.79. The lowest BCUT2D eigenvalue weighted by atomic mass is 9.98. The number of thiazole rings is 1. The highest BCUT2D eigenvalue weighted by molar-refractivity contribution is 7.19. The predicted octanol–water partition coefficient (Wildman–Crippen LogP) is 6.20. The molecule has 3 rings (SSSR count). The first kappa shape index (κ1) is 23.2. The summed E-state index contributed by atoms with van der Waals surface area (Å²) in [6, 6.07) is 14.1. The van der Waals surface area contributed by atoms with Crippen LogP contribution in [0.3, 0.4) is 0 Å². The van der Waals surface area contributed by atoms with Crippen molar-refractivity contribution in [2.24, 2.45) is 0 Å². The Morgan fingerprint density at radius 3 is 2.50 bits per heavy atom. The standard InChI is InChI=1S/C21H19F3N4O3S/c1-2-3-11-25-14-9-10-15(16(12-14)13-7-5-4-6-8-13)18(29)27-20-26-17(21(22,23)24)19(32-20)28(30)31/h4-10,12,25H,2-3,11H2,1H3,(H,26,27,29). The van der Waals surface area contributed by atoms with E-state index >= 15 is 0 Å². The third-order valence-corrected chi connectivity index (χ3v) is 5.39. The second-order valence-corrected chi connectivity index (χ2v) is 7.77. The van der Waals surface area contributed by atoms with E-state index in [1.165, 1.54) is 0 Å². The van der Waals surface area contributed by atoms with Crippen LogP contribution in [0.1, 0.15) is 35.8 Å². The van der Waals surface area contributed by atoms with Crippen molar-refractivity contribution in [1.29, 1.82) is 0 Å². The average molecular weight is 464 g/mol. The van der Waals surface area contributed by atoms with Crippen molar-refractivity contribution >= 4 is 33.1 Å². The van der Waals surface area contributed by atoms with E-state index in [4.69, 9.17) is 0 Å². The number of nitrogens with one attached hydrogen (secondary N) is 2. The maximum atomic E-state index is 13.1. The first-order valence-corrected chi connectivity index (χ1v) is 10.5. The SMILES string of the molecule is CCCCNc1ccc(C(=O)Nc2nc(C(F)(F)F)c([N+](=O)[O-])s2)c(-c2ccccc2)c1. The number of carbonyl (C=O) groups excluding carboxylic acids is 1. The third kappa shape index (κ3) is 5.41. The summed E-state index contributed by atoms with van der Waals surface area (Å²) < 4.78 is 39.2. The molecule has 0 atom stereocenters. The van der Waals surface area contributed by atoms with Crippen molar-refractivity contribution < 1.29 is 22.9 Å². The van der Waals surface area contributed by atoms with E-state index in [9.17, 15) is 28.1 Å². The number of rotatable bonds is 8. The second kappa shape index (κ2) is 9.77. The summed E-state index contributed by atoms with van der Waals surface area (Å²) >= 11 is 0.161. The van der Waals surface area contributed by atoms with Gasteiger partial charge in [0.15, 0.2) is 5.13 Å². The molecule has 0 radical (unpaired) electrons. The average Bonchev–Trinajstić information content (AvgIpc) is 3.19. The highest BCUT2D eigenvalue weighted by Crippen LogP contribution is 2.41. The Morgan fingerprint density at radius 2 is 1.91 bits per heavy atom. The number of alkyl halides is 3. The van der Waals surface area contributed by atoms with E-state index in [1.807, 2.05) is 6.07 Å². The molecule has 0 aliphatic rings. The zero-order valence-corrected chi connectivity index (χ0v) is 17.7. The predicted molar refractivity (Wildman–Crippen MR) is 117 cm³/mol. The Kier molecular flexibility index (Phi) is 7.08. The Balaban J connectivity index is 1.95. The maximum absolute atomic E-state index is 13.1. The molecule has 0 spiro atoms. The van der Waals surface area contributed by atoms with Crippen molar-refractivity contribution in [1.82, 2.24) is 4.98 Å². The van der Waals surface area contributed by atoms with Gasteiger partial charge < -0.3 is 5.32 Å².